The van der Waals surface area contributed by atoms with E-state index in [4.69, 9.17) is 5.73 Å². The molecule has 0 fully saturated rings. The molecule has 0 spiro atoms. The lowest BCUT2D eigenvalue weighted by Gasteiger charge is -2.25. The van der Waals surface area contributed by atoms with Crippen molar-refractivity contribution in [1.82, 2.24) is 10.6 Å². The first-order chi connectivity index (χ1) is 8.68. The number of hydrogen-bond donors (Lipinski definition) is 3. The molecule has 1 atom stereocenters. The molecule has 0 aliphatic carbocycles. The van der Waals surface area contributed by atoms with Crippen LogP contribution >= 0.6 is 0 Å². The van der Waals surface area contributed by atoms with Gasteiger partial charge in [-0.3, -0.25) is 9.59 Å². The molecule has 4 N–H and O–H groups in total. The average Bonchev–Trinajstić information content (AvgIpc) is 2.37. The largest absolute Gasteiger partial charge is 0.370 e. The van der Waals surface area contributed by atoms with E-state index in [1.807, 2.05) is 24.3 Å². The molecule has 0 saturated heterocycles. The third-order valence-electron chi connectivity index (χ3n) is 3.04. The third-order valence-corrected chi connectivity index (χ3v) is 3.04. The van der Waals surface area contributed by atoms with Crippen LogP contribution in [0.3, 0.4) is 0 Å². The Bertz CT molecular complexity index is 459. The van der Waals surface area contributed by atoms with Crippen LogP contribution in [0.15, 0.2) is 24.3 Å². The van der Waals surface area contributed by atoms with E-state index < -0.39 is 5.91 Å². The molecule has 1 aromatic carbocycles. The Hall–Kier alpha value is -1.88. The SMILES string of the molecule is NC(=O)CCNC(=O)C1NCCc2ccccc21. The smallest absolute Gasteiger partial charge is 0.241 e. The summed E-state index contributed by atoms with van der Waals surface area (Å²) < 4.78 is 0. The molecule has 1 aromatic rings. The lowest BCUT2D eigenvalue weighted by molar-refractivity contribution is -0.123. The van der Waals surface area contributed by atoms with E-state index >= 15 is 0 Å². The molecule has 0 aromatic heterocycles. The quantitative estimate of drug-likeness (QED) is 0.692. The molecular formula is C13H17N3O2. The van der Waals surface area contributed by atoms with E-state index in [0.717, 1.165) is 18.5 Å². The Labute approximate surface area is 106 Å². The molecule has 1 heterocycles. The molecule has 1 unspecified atom stereocenters. The summed E-state index contributed by atoms with van der Waals surface area (Å²) in [5.41, 5.74) is 7.24. The Morgan fingerprint density at radius 2 is 2.17 bits per heavy atom. The van der Waals surface area contributed by atoms with Crippen LogP contribution in [0.25, 0.3) is 0 Å². The van der Waals surface area contributed by atoms with Crippen LogP contribution in [-0.2, 0) is 16.0 Å². The molecule has 5 nitrogen and oxygen atoms in total. The van der Waals surface area contributed by atoms with Crippen molar-refractivity contribution >= 4 is 11.8 Å². The second-order valence-corrected chi connectivity index (χ2v) is 4.34. The molecule has 2 rings (SSSR count). The first-order valence-corrected chi connectivity index (χ1v) is 6.05. The van der Waals surface area contributed by atoms with E-state index in [-0.39, 0.29) is 24.9 Å². The summed E-state index contributed by atoms with van der Waals surface area (Å²) in [5.74, 6) is -0.518. The van der Waals surface area contributed by atoms with Gasteiger partial charge in [-0.25, -0.2) is 0 Å². The molecule has 2 amide bonds. The first kappa shape index (κ1) is 12.6. The highest BCUT2D eigenvalue weighted by atomic mass is 16.2. The van der Waals surface area contributed by atoms with E-state index in [1.54, 1.807) is 0 Å². The van der Waals surface area contributed by atoms with Crippen molar-refractivity contribution in [2.75, 3.05) is 13.1 Å². The monoisotopic (exact) mass is 247 g/mol. The lowest BCUT2D eigenvalue weighted by Crippen LogP contribution is -2.42. The van der Waals surface area contributed by atoms with Gasteiger partial charge in [-0.1, -0.05) is 24.3 Å². The summed E-state index contributed by atoms with van der Waals surface area (Å²) in [6.07, 6.45) is 1.10. The number of amides is 2. The van der Waals surface area contributed by atoms with Crippen LogP contribution in [0.2, 0.25) is 0 Å². The van der Waals surface area contributed by atoms with Gasteiger partial charge in [0.1, 0.15) is 6.04 Å². The van der Waals surface area contributed by atoms with Gasteiger partial charge in [-0.05, 0) is 17.5 Å². The number of hydrogen-bond acceptors (Lipinski definition) is 3. The van der Waals surface area contributed by atoms with Crippen molar-refractivity contribution < 1.29 is 9.59 Å². The molecule has 0 radical (unpaired) electrons. The summed E-state index contributed by atoms with van der Waals surface area (Å²) in [5, 5.41) is 5.91. The van der Waals surface area contributed by atoms with Gasteiger partial charge in [0.2, 0.25) is 11.8 Å². The van der Waals surface area contributed by atoms with Crippen LogP contribution in [0.4, 0.5) is 0 Å². The molecular weight excluding hydrogens is 230 g/mol. The van der Waals surface area contributed by atoms with Gasteiger partial charge in [-0.2, -0.15) is 0 Å². The summed E-state index contributed by atoms with van der Waals surface area (Å²) >= 11 is 0. The number of carbonyl (C=O) groups excluding carboxylic acids is 2. The maximum absolute atomic E-state index is 12.0. The van der Waals surface area contributed by atoms with Crippen molar-refractivity contribution in [3.63, 3.8) is 0 Å². The Kier molecular flexibility index (Phi) is 3.94. The number of rotatable bonds is 4. The zero-order valence-electron chi connectivity index (χ0n) is 10.1. The third kappa shape index (κ3) is 2.87. The average molecular weight is 247 g/mol. The van der Waals surface area contributed by atoms with Gasteiger partial charge in [0.15, 0.2) is 0 Å². The van der Waals surface area contributed by atoms with Crippen LogP contribution in [0.5, 0.6) is 0 Å². The normalized spacial score (nSPS) is 17.9. The molecule has 0 bridgehead atoms. The van der Waals surface area contributed by atoms with Gasteiger partial charge >= 0.3 is 0 Å². The van der Waals surface area contributed by atoms with Crippen molar-refractivity contribution in [3.05, 3.63) is 35.4 Å². The number of benzene rings is 1. The van der Waals surface area contributed by atoms with Gasteiger partial charge in [0, 0.05) is 19.5 Å². The van der Waals surface area contributed by atoms with Crippen LogP contribution in [0, 0.1) is 0 Å². The Morgan fingerprint density at radius 3 is 2.94 bits per heavy atom. The van der Waals surface area contributed by atoms with Gasteiger partial charge < -0.3 is 16.4 Å². The van der Waals surface area contributed by atoms with Crippen molar-refractivity contribution in [3.8, 4) is 0 Å². The highest BCUT2D eigenvalue weighted by Gasteiger charge is 2.25. The highest BCUT2D eigenvalue weighted by Crippen LogP contribution is 2.22. The van der Waals surface area contributed by atoms with E-state index in [2.05, 4.69) is 10.6 Å². The predicted octanol–water partition coefficient (Wildman–Crippen LogP) is -0.135. The minimum atomic E-state index is -0.410. The Morgan fingerprint density at radius 1 is 1.39 bits per heavy atom. The Balaban J connectivity index is 2.01. The number of nitrogens with two attached hydrogens (primary N) is 1. The fraction of sp³-hybridized carbons (Fsp3) is 0.385. The molecule has 18 heavy (non-hydrogen) atoms. The number of carbonyl (C=O) groups is 2. The summed E-state index contributed by atoms with van der Waals surface area (Å²) in [4.78, 5) is 22.6. The van der Waals surface area contributed by atoms with Crippen LogP contribution in [0.1, 0.15) is 23.6 Å². The second-order valence-electron chi connectivity index (χ2n) is 4.34. The predicted molar refractivity (Wildman–Crippen MR) is 67.7 cm³/mol. The number of fused-ring (bicyclic) bond motifs is 1. The zero-order chi connectivity index (χ0) is 13.0. The molecule has 5 heteroatoms. The fourth-order valence-corrected chi connectivity index (χ4v) is 2.15. The number of nitrogens with one attached hydrogen (secondary N) is 2. The second kappa shape index (κ2) is 5.64. The van der Waals surface area contributed by atoms with Crippen molar-refractivity contribution in [2.24, 2.45) is 5.73 Å². The minimum absolute atomic E-state index is 0.108. The summed E-state index contributed by atoms with van der Waals surface area (Å²) in [6, 6.07) is 7.57. The topological polar surface area (TPSA) is 84.2 Å². The lowest BCUT2D eigenvalue weighted by atomic mass is 9.94. The van der Waals surface area contributed by atoms with Gasteiger partial charge in [-0.15, -0.1) is 0 Å². The molecule has 1 aliphatic heterocycles. The van der Waals surface area contributed by atoms with Crippen LogP contribution < -0.4 is 16.4 Å². The molecule has 1 aliphatic rings. The summed E-state index contributed by atoms with van der Waals surface area (Å²) in [7, 11) is 0. The van der Waals surface area contributed by atoms with E-state index in [1.165, 1.54) is 5.56 Å². The fourth-order valence-electron chi connectivity index (χ4n) is 2.15. The highest BCUT2D eigenvalue weighted by molar-refractivity contribution is 5.84. The number of primary amides is 1. The zero-order valence-corrected chi connectivity index (χ0v) is 10.1. The maximum atomic E-state index is 12.0. The van der Waals surface area contributed by atoms with Crippen molar-refractivity contribution in [2.45, 2.75) is 18.9 Å². The van der Waals surface area contributed by atoms with Gasteiger partial charge in [0.25, 0.3) is 0 Å². The van der Waals surface area contributed by atoms with E-state index in [9.17, 15) is 9.59 Å². The van der Waals surface area contributed by atoms with Gasteiger partial charge in [0.05, 0.1) is 0 Å². The molecule has 96 valence electrons. The first-order valence-electron chi connectivity index (χ1n) is 6.05. The van der Waals surface area contributed by atoms with Crippen LogP contribution in [-0.4, -0.2) is 24.9 Å². The maximum Gasteiger partial charge on any atom is 0.241 e. The van der Waals surface area contributed by atoms with E-state index in [0.29, 0.717) is 0 Å². The standard InChI is InChI=1S/C13H17N3O2/c14-11(17)6-8-16-13(18)12-10-4-2-1-3-9(10)5-7-15-12/h1-4,12,15H,5-8H2,(H2,14,17)(H,16,18). The molecule has 0 saturated carbocycles. The minimum Gasteiger partial charge on any atom is -0.370 e. The van der Waals surface area contributed by atoms with Crippen molar-refractivity contribution in [1.29, 1.82) is 0 Å². The summed E-state index contributed by atoms with van der Waals surface area (Å²) in [6.45, 7) is 1.07.